The molecule has 0 unspecified atom stereocenters. The number of aryl methyl sites for hydroxylation is 1. The molecule has 0 fully saturated rings. The highest BCUT2D eigenvalue weighted by Gasteiger charge is 2.11. The lowest BCUT2D eigenvalue weighted by Crippen LogP contribution is -2.29. The lowest BCUT2D eigenvalue weighted by molar-refractivity contribution is -0.118. The van der Waals surface area contributed by atoms with Crippen LogP contribution in [0.25, 0.3) is 11.5 Å². The highest BCUT2D eigenvalue weighted by atomic mass is 35.5. The zero-order chi connectivity index (χ0) is 19.1. The van der Waals surface area contributed by atoms with E-state index in [2.05, 4.69) is 15.5 Å². The van der Waals surface area contributed by atoms with E-state index in [0.717, 1.165) is 16.9 Å². The number of nitrogens with zero attached hydrogens (tertiary/aromatic N) is 2. The normalized spacial score (nSPS) is 10.6. The van der Waals surface area contributed by atoms with Gasteiger partial charge in [-0.2, -0.15) is 0 Å². The molecule has 2 aromatic carbocycles. The van der Waals surface area contributed by atoms with Gasteiger partial charge in [-0.15, -0.1) is 10.2 Å². The standard InChI is InChI=1S/C19H18ClN3O3S/c1-13-4-2-3-5-16(13)25-11-10-21-17(24)12-27-19-23-22-18(26-19)14-6-8-15(20)9-7-14/h2-9H,10-12H2,1H3,(H,21,24). The number of halogens is 1. The van der Waals surface area contributed by atoms with Gasteiger partial charge in [0.1, 0.15) is 12.4 Å². The molecule has 0 atom stereocenters. The van der Waals surface area contributed by atoms with Gasteiger partial charge in [0.2, 0.25) is 11.8 Å². The van der Waals surface area contributed by atoms with Crippen LogP contribution in [0.2, 0.25) is 5.02 Å². The Morgan fingerprint density at radius 3 is 2.74 bits per heavy atom. The van der Waals surface area contributed by atoms with E-state index in [0.29, 0.717) is 29.3 Å². The second-order valence-electron chi connectivity index (χ2n) is 5.63. The van der Waals surface area contributed by atoms with Crippen LogP contribution in [-0.4, -0.2) is 35.0 Å². The summed E-state index contributed by atoms with van der Waals surface area (Å²) >= 11 is 7.04. The van der Waals surface area contributed by atoms with E-state index < -0.39 is 0 Å². The third-order valence-electron chi connectivity index (χ3n) is 3.60. The van der Waals surface area contributed by atoms with Gasteiger partial charge in [-0.05, 0) is 42.8 Å². The Morgan fingerprint density at radius 2 is 1.96 bits per heavy atom. The van der Waals surface area contributed by atoms with Crippen LogP contribution >= 0.6 is 23.4 Å². The molecule has 3 aromatic rings. The van der Waals surface area contributed by atoms with Crippen LogP contribution in [0.3, 0.4) is 0 Å². The molecule has 0 saturated heterocycles. The summed E-state index contributed by atoms with van der Waals surface area (Å²) in [5.74, 6) is 1.27. The first-order chi connectivity index (χ1) is 13.1. The van der Waals surface area contributed by atoms with Crippen LogP contribution in [0, 0.1) is 6.92 Å². The van der Waals surface area contributed by atoms with Gasteiger partial charge in [-0.1, -0.05) is 41.6 Å². The van der Waals surface area contributed by atoms with Crippen molar-refractivity contribution in [3.63, 3.8) is 0 Å². The molecule has 0 aliphatic heterocycles. The van der Waals surface area contributed by atoms with Crippen molar-refractivity contribution < 1.29 is 13.9 Å². The molecule has 0 aliphatic carbocycles. The van der Waals surface area contributed by atoms with Crippen molar-refractivity contribution in [1.29, 1.82) is 0 Å². The third kappa shape index (κ3) is 5.74. The number of carbonyl (C=O) groups excluding carboxylic acids is 1. The number of ether oxygens (including phenoxy) is 1. The molecule has 1 amide bonds. The molecule has 3 rings (SSSR count). The van der Waals surface area contributed by atoms with Crippen LogP contribution < -0.4 is 10.1 Å². The number of carbonyl (C=O) groups is 1. The SMILES string of the molecule is Cc1ccccc1OCCNC(=O)CSc1nnc(-c2ccc(Cl)cc2)o1. The Kier molecular flexibility index (Phi) is 6.73. The first kappa shape index (κ1) is 19.3. The number of para-hydroxylation sites is 1. The largest absolute Gasteiger partial charge is 0.491 e. The number of hydrogen-bond donors (Lipinski definition) is 1. The summed E-state index contributed by atoms with van der Waals surface area (Å²) in [4.78, 5) is 11.9. The molecular weight excluding hydrogens is 386 g/mol. The van der Waals surface area contributed by atoms with Gasteiger partial charge >= 0.3 is 0 Å². The Bertz CT molecular complexity index is 899. The molecule has 0 spiro atoms. The molecule has 6 nitrogen and oxygen atoms in total. The molecule has 1 N–H and O–H groups in total. The minimum absolute atomic E-state index is 0.125. The van der Waals surface area contributed by atoms with E-state index in [1.165, 1.54) is 11.8 Å². The van der Waals surface area contributed by atoms with E-state index in [1.54, 1.807) is 24.3 Å². The molecule has 0 bridgehead atoms. The lowest BCUT2D eigenvalue weighted by Gasteiger charge is -2.09. The van der Waals surface area contributed by atoms with Crippen molar-refractivity contribution in [3.05, 3.63) is 59.1 Å². The van der Waals surface area contributed by atoms with Crippen molar-refractivity contribution in [2.75, 3.05) is 18.9 Å². The number of hydrogen-bond acceptors (Lipinski definition) is 6. The Morgan fingerprint density at radius 1 is 1.19 bits per heavy atom. The highest BCUT2D eigenvalue weighted by molar-refractivity contribution is 7.99. The molecule has 1 aromatic heterocycles. The average molecular weight is 404 g/mol. The van der Waals surface area contributed by atoms with Crippen molar-refractivity contribution in [2.45, 2.75) is 12.1 Å². The van der Waals surface area contributed by atoms with Crippen LogP contribution in [0.5, 0.6) is 5.75 Å². The molecular formula is C19H18ClN3O3S. The first-order valence-corrected chi connectivity index (χ1v) is 9.65. The smallest absolute Gasteiger partial charge is 0.277 e. The zero-order valence-electron chi connectivity index (χ0n) is 14.6. The number of amides is 1. The van der Waals surface area contributed by atoms with Gasteiger partial charge in [0, 0.05) is 10.6 Å². The molecule has 1 heterocycles. The molecule has 140 valence electrons. The van der Waals surface area contributed by atoms with Crippen molar-refractivity contribution in [1.82, 2.24) is 15.5 Å². The number of nitrogens with one attached hydrogen (secondary N) is 1. The van der Waals surface area contributed by atoms with Crippen molar-refractivity contribution in [3.8, 4) is 17.2 Å². The number of rotatable bonds is 8. The zero-order valence-corrected chi connectivity index (χ0v) is 16.2. The molecule has 0 radical (unpaired) electrons. The Balaban J connectivity index is 1.39. The van der Waals surface area contributed by atoms with Crippen molar-refractivity contribution >= 4 is 29.3 Å². The summed E-state index contributed by atoms with van der Waals surface area (Å²) in [6.45, 7) is 2.81. The third-order valence-corrected chi connectivity index (χ3v) is 4.67. The number of aromatic nitrogens is 2. The molecule has 8 heteroatoms. The predicted molar refractivity (Wildman–Crippen MR) is 105 cm³/mol. The maximum absolute atomic E-state index is 11.9. The fourth-order valence-electron chi connectivity index (χ4n) is 2.23. The average Bonchev–Trinajstić information content (AvgIpc) is 3.14. The summed E-state index contributed by atoms with van der Waals surface area (Å²) < 4.78 is 11.2. The van der Waals surface area contributed by atoms with Crippen LogP contribution in [0.1, 0.15) is 5.56 Å². The van der Waals surface area contributed by atoms with Crippen molar-refractivity contribution in [2.24, 2.45) is 0 Å². The second-order valence-corrected chi connectivity index (χ2v) is 7.00. The summed E-state index contributed by atoms with van der Waals surface area (Å²) in [5, 5.41) is 11.7. The van der Waals surface area contributed by atoms with Gasteiger partial charge in [-0.3, -0.25) is 4.79 Å². The minimum Gasteiger partial charge on any atom is -0.491 e. The summed E-state index contributed by atoms with van der Waals surface area (Å²) in [6.07, 6.45) is 0. The second kappa shape index (κ2) is 9.43. The highest BCUT2D eigenvalue weighted by Crippen LogP contribution is 2.24. The van der Waals surface area contributed by atoms with E-state index in [9.17, 15) is 4.79 Å². The predicted octanol–water partition coefficient (Wildman–Crippen LogP) is 3.99. The van der Waals surface area contributed by atoms with E-state index >= 15 is 0 Å². The summed E-state index contributed by atoms with van der Waals surface area (Å²) in [5.41, 5.74) is 1.84. The number of benzene rings is 2. The topological polar surface area (TPSA) is 77.2 Å². The number of thioether (sulfide) groups is 1. The van der Waals surface area contributed by atoms with E-state index in [1.807, 2.05) is 31.2 Å². The van der Waals surface area contributed by atoms with E-state index in [4.69, 9.17) is 20.8 Å². The maximum Gasteiger partial charge on any atom is 0.277 e. The summed E-state index contributed by atoms with van der Waals surface area (Å²) in [7, 11) is 0. The first-order valence-electron chi connectivity index (χ1n) is 8.29. The van der Waals surface area contributed by atoms with Gasteiger partial charge in [0.25, 0.3) is 5.22 Å². The fourth-order valence-corrected chi connectivity index (χ4v) is 2.94. The van der Waals surface area contributed by atoms with Crippen LogP contribution in [-0.2, 0) is 4.79 Å². The lowest BCUT2D eigenvalue weighted by atomic mass is 10.2. The minimum atomic E-state index is -0.125. The monoisotopic (exact) mass is 403 g/mol. The van der Waals surface area contributed by atoms with Crippen LogP contribution in [0.15, 0.2) is 58.2 Å². The Labute approximate surface area is 166 Å². The van der Waals surface area contributed by atoms with Gasteiger partial charge < -0.3 is 14.5 Å². The van der Waals surface area contributed by atoms with Gasteiger partial charge in [0.15, 0.2) is 0 Å². The van der Waals surface area contributed by atoms with E-state index in [-0.39, 0.29) is 11.7 Å². The molecule has 0 saturated carbocycles. The van der Waals surface area contributed by atoms with Crippen LogP contribution in [0.4, 0.5) is 0 Å². The fraction of sp³-hybridized carbons (Fsp3) is 0.211. The maximum atomic E-state index is 11.9. The summed E-state index contributed by atoms with van der Waals surface area (Å²) in [6, 6.07) is 14.9. The van der Waals surface area contributed by atoms with Gasteiger partial charge in [-0.25, -0.2) is 0 Å². The molecule has 0 aliphatic rings. The quantitative estimate of drug-likeness (QED) is 0.452. The Hall–Kier alpha value is -2.51. The molecule has 27 heavy (non-hydrogen) atoms. The van der Waals surface area contributed by atoms with Gasteiger partial charge in [0.05, 0.1) is 12.3 Å².